The largest absolute Gasteiger partial charge is 0.363 e. The Bertz CT molecular complexity index is 594. The van der Waals surface area contributed by atoms with E-state index in [-0.39, 0.29) is 6.04 Å². The summed E-state index contributed by atoms with van der Waals surface area (Å²) >= 11 is 11.3. The molecule has 0 amide bonds. The van der Waals surface area contributed by atoms with Crippen LogP contribution in [0.2, 0.25) is 5.02 Å². The van der Waals surface area contributed by atoms with Gasteiger partial charge in [-0.1, -0.05) is 30.7 Å². The summed E-state index contributed by atoms with van der Waals surface area (Å²) in [5.74, 6) is 0.901. The molecule has 0 saturated heterocycles. The molecule has 1 atom stereocenters. The van der Waals surface area contributed by atoms with E-state index >= 15 is 0 Å². The number of hydrogen-bond donors (Lipinski definition) is 2. The third-order valence-corrected chi connectivity index (χ3v) is 3.65. The Balaban J connectivity index is 2.25. The van der Waals surface area contributed by atoms with Gasteiger partial charge in [-0.05, 0) is 36.3 Å². The Labute approximate surface area is 135 Å². The molecule has 0 spiro atoms. The number of hydrogen-bond acceptors (Lipinski definition) is 2. The van der Waals surface area contributed by atoms with Crippen LogP contribution in [0.15, 0.2) is 36.7 Å². The summed E-state index contributed by atoms with van der Waals surface area (Å²) in [5, 5.41) is 7.84. The summed E-state index contributed by atoms with van der Waals surface area (Å²) in [6.07, 6.45) is 4.72. The van der Waals surface area contributed by atoms with Crippen molar-refractivity contribution in [2.75, 3.05) is 6.54 Å². The molecule has 2 N–H and O–H groups in total. The van der Waals surface area contributed by atoms with Crippen LogP contribution in [-0.4, -0.2) is 21.2 Å². The van der Waals surface area contributed by atoms with Gasteiger partial charge in [-0.15, -0.1) is 0 Å². The van der Waals surface area contributed by atoms with Crippen molar-refractivity contribution in [2.45, 2.75) is 19.4 Å². The van der Waals surface area contributed by atoms with Gasteiger partial charge in [-0.3, -0.25) is 0 Å². The van der Waals surface area contributed by atoms with Gasteiger partial charge in [0.15, 0.2) is 5.11 Å². The first-order chi connectivity index (χ1) is 10.1. The predicted octanol–water partition coefficient (Wildman–Crippen LogP) is 3.04. The highest BCUT2D eigenvalue weighted by Crippen LogP contribution is 2.22. The lowest BCUT2D eigenvalue weighted by atomic mass is 10.1. The molecule has 4 nitrogen and oxygen atoms in total. The quantitative estimate of drug-likeness (QED) is 0.830. The van der Waals surface area contributed by atoms with Crippen LogP contribution in [0, 0.1) is 0 Å². The fourth-order valence-electron chi connectivity index (χ4n) is 2.03. The molecule has 0 bridgehead atoms. The average Bonchev–Trinajstić information content (AvgIpc) is 2.89. The average molecular weight is 323 g/mol. The standard InChI is InChI=1S/C15H19ClN4S/c1-3-8-18-15(21)19-13(14-17-9-10-20(14)2)11-4-6-12(16)7-5-11/h4-7,9-10,13H,3,8H2,1-2H3,(H2,18,19,21)/t13-/m0/s1. The van der Waals surface area contributed by atoms with Gasteiger partial charge >= 0.3 is 0 Å². The lowest BCUT2D eigenvalue weighted by Gasteiger charge is -2.21. The van der Waals surface area contributed by atoms with Crippen LogP contribution in [0.4, 0.5) is 0 Å². The third kappa shape index (κ3) is 4.19. The highest BCUT2D eigenvalue weighted by molar-refractivity contribution is 7.80. The summed E-state index contributed by atoms with van der Waals surface area (Å²) < 4.78 is 1.98. The molecule has 0 aliphatic carbocycles. The van der Waals surface area contributed by atoms with Crippen LogP contribution in [-0.2, 0) is 7.05 Å². The highest BCUT2D eigenvalue weighted by atomic mass is 35.5. The van der Waals surface area contributed by atoms with Crippen molar-refractivity contribution in [3.05, 3.63) is 53.1 Å². The molecule has 1 heterocycles. The fourth-order valence-corrected chi connectivity index (χ4v) is 2.37. The number of rotatable bonds is 5. The van der Waals surface area contributed by atoms with E-state index in [2.05, 4.69) is 22.5 Å². The zero-order valence-corrected chi connectivity index (χ0v) is 13.7. The van der Waals surface area contributed by atoms with Crippen LogP contribution in [0.5, 0.6) is 0 Å². The molecule has 0 radical (unpaired) electrons. The lowest BCUT2D eigenvalue weighted by Crippen LogP contribution is -2.39. The minimum absolute atomic E-state index is 0.112. The minimum atomic E-state index is -0.112. The maximum absolute atomic E-state index is 5.97. The molecule has 21 heavy (non-hydrogen) atoms. The first-order valence-corrected chi connectivity index (χ1v) is 7.67. The van der Waals surface area contributed by atoms with Gasteiger partial charge in [0.25, 0.3) is 0 Å². The summed E-state index contributed by atoms with van der Waals surface area (Å²) in [7, 11) is 1.97. The molecular formula is C15H19ClN4S. The second kappa shape index (κ2) is 7.43. The van der Waals surface area contributed by atoms with Crippen LogP contribution < -0.4 is 10.6 Å². The molecule has 0 saturated carbocycles. The van der Waals surface area contributed by atoms with Crippen molar-refractivity contribution in [2.24, 2.45) is 7.05 Å². The van der Waals surface area contributed by atoms with Crippen LogP contribution in [0.3, 0.4) is 0 Å². The van der Waals surface area contributed by atoms with E-state index in [1.54, 1.807) is 6.20 Å². The van der Waals surface area contributed by atoms with Crippen LogP contribution in [0.25, 0.3) is 0 Å². The molecule has 0 unspecified atom stereocenters. The number of nitrogens with one attached hydrogen (secondary N) is 2. The van der Waals surface area contributed by atoms with Gasteiger partial charge in [-0.25, -0.2) is 4.98 Å². The number of nitrogens with zero attached hydrogens (tertiary/aromatic N) is 2. The van der Waals surface area contributed by atoms with E-state index in [1.807, 2.05) is 42.1 Å². The smallest absolute Gasteiger partial charge is 0.167 e. The SMILES string of the molecule is CCCNC(=S)N[C@@H](c1ccc(Cl)cc1)c1nccn1C. The van der Waals surface area contributed by atoms with E-state index in [9.17, 15) is 0 Å². The van der Waals surface area contributed by atoms with E-state index < -0.39 is 0 Å². The third-order valence-electron chi connectivity index (χ3n) is 3.13. The maximum Gasteiger partial charge on any atom is 0.167 e. The molecule has 1 aromatic heterocycles. The molecule has 1 aromatic carbocycles. The molecule has 0 aliphatic rings. The monoisotopic (exact) mass is 322 g/mol. The Morgan fingerprint density at radius 3 is 2.67 bits per heavy atom. The molecule has 2 rings (SSSR count). The number of aromatic nitrogens is 2. The van der Waals surface area contributed by atoms with E-state index in [0.29, 0.717) is 10.1 Å². The number of thiocarbonyl (C=S) groups is 1. The maximum atomic E-state index is 5.97. The summed E-state index contributed by atoms with van der Waals surface area (Å²) in [6, 6.07) is 7.60. The second-order valence-electron chi connectivity index (χ2n) is 4.78. The van der Waals surface area contributed by atoms with E-state index in [1.165, 1.54) is 0 Å². The van der Waals surface area contributed by atoms with Crippen molar-refractivity contribution >= 4 is 28.9 Å². The number of aryl methyl sites for hydroxylation is 1. The molecule has 6 heteroatoms. The number of imidazole rings is 1. The lowest BCUT2D eigenvalue weighted by molar-refractivity contribution is 0.650. The topological polar surface area (TPSA) is 41.9 Å². The van der Waals surface area contributed by atoms with Crippen LogP contribution in [0.1, 0.15) is 30.8 Å². The van der Waals surface area contributed by atoms with Crippen LogP contribution >= 0.6 is 23.8 Å². The van der Waals surface area contributed by atoms with Gasteiger partial charge in [0.1, 0.15) is 11.9 Å². The first kappa shape index (κ1) is 15.8. The zero-order chi connectivity index (χ0) is 15.2. The van der Waals surface area contributed by atoms with Crippen molar-refractivity contribution in [1.29, 1.82) is 0 Å². The Hall–Kier alpha value is -1.59. The van der Waals surface area contributed by atoms with Crippen molar-refractivity contribution in [1.82, 2.24) is 20.2 Å². The van der Waals surface area contributed by atoms with Gasteiger partial charge in [0, 0.05) is 31.0 Å². The normalized spacial score (nSPS) is 12.0. The minimum Gasteiger partial charge on any atom is -0.363 e. The second-order valence-corrected chi connectivity index (χ2v) is 5.63. The number of halogens is 1. The van der Waals surface area contributed by atoms with E-state index in [4.69, 9.17) is 23.8 Å². The summed E-state index contributed by atoms with van der Waals surface area (Å²) in [6.45, 7) is 2.95. The Morgan fingerprint density at radius 1 is 1.38 bits per heavy atom. The molecule has 112 valence electrons. The molecule has 0 aliphatic heterocycles. The molecule has 0 fully saturated rings. The van der Waals surface area contributed by atoms with Gasteiger partial charge < -0.3 is 15.2 Å². The van der Waals surface area contributed by atoms with Crippen molar-refractivity contribution in [3.8, 4) is 0 Å². The van der Waals surface area contributed by atoms with Gasteiger partial charge in [0.05, 0.1) is 0 Å². The Morgan fingerprint density at radius 2 is 2.10 bits per heavy atom. The summed E-state index contributed by atoms with van der Waals surface area (Å²) in [5.41, 5.74) is 1.06. The summed E-state index contributed by atoms with van der Waals surface area (Å²) in [4.78, 5) is 4.43. The zero-order valence-electron chi connectivity index (χ0n) is 12.1. The number of benzene rings is 1. The highest BCUT2D eigenvalue weighted by Gasteiger charge is 2.19. The first-order valence-electron chi connectivity index (χ1n) is 6.89. The fraction of sp³-hybridized carbons (Fsp3) is 0.333. The van der Waals surface area contributed by atoms with Crippen molar-refractivity contribution < 1.29 is 0 Å². The van der Waals surface area contributed by atoms with E-state index in [0.717, 1.165) is 24.4 Å². The van der Waals surface area contributed by atoms with Gasteiger partial charge in [0.2, 0.25) is 0 Å². The molecule has 2 aromatic rings. The Kier molecular flexibility index (Phi) is 5.59. The predicted molar refractivity (Wildman–Crippen MR) is 90.5 cm³/mol. The van der Waals surface area contributed by atoms with Crippen molar-refractivity contribution in [3.63, 3.8) is 0 Å². The molecular weight excluding hydrogens is 304 g/mol. The van der Waals surface area contributed by atoms with Gasteiger partial charge in [-0.2, -0.15) is 0 Å².